The van der Waals surface area contributed by atoms with Crippen LogP contribution < -0.4 is 18.9 Å². The summed E-state index contributed by atoms with van der Waals surface area (Å²) in [7, 11) is 5.55. The van der Waals surface area contributed by atoms with Crippen LogP contribution in [0.15, 0.2) is 84.9 Å². The molecule has 4 aromatic carbocycles. The molecular formula is C40H40O13. The fraction of sp³-hybridized carbons (Fsp3) is 0.250. The van der Waals surface area contributed by atoms with Crippen molar-refractivity contribution in [1.82, 2.24) is 0 Å². The van der Waals surface area contributed by atoms with Crippen molar-refractivity contribution < 1.29 is 63.2 Å². The largest absolute Gasteiger partial charge is 0.508 e. The summed E-state index contributed by atoms with van der Waals surface area (Å²) in [6.45, 7) is -0.410. The third-order valence-electron chi connectivity index (χ3n) is 8.73. The maximum absolute atomic E-state index is 13.1. The molecule has 0 radical (unpaired) electrons. The van der Waals surface area contributed by atoms with Gasteiger partial charge in [-0.2, -0.15) is 0 Å². The zero-order valence-corrected chi connectivity index (χ0v) is 29.4. The van der Waals surface area contributed by atoms with Gasteiger partial charge in [-0.3, -0.25) is 0 Å². The molecule has 0 bridgehead atoms. The number of benzene rings is 4. The van der Waals surface area contributed by atoms with E-state index in [1.165, 1.54) is 77.0 Å². The summed E-state index contributed by atoms with van der Waals surface area (Å²) in [5.74, 6) is -2.55. The van der Waals surface area contributed by atoms with Crippen LogP contribution in [-0.4, -0.2) is 74.0 Å². The number of methoxy groups -OCH3 is 4. The van der Waals surface area contributed by atoms with Gasteiger partial charge in [0.25, 0.3) is 0 Å². The summed E-state index contributed by atoms with van der Waals surface area (Å²) in [5.41, 5.74) is 2.32. The predicted octanol–water partition coefficient (Wildman–Crippen LogP) is 6.10. The first kappa shape index (κ1) is 37.9. The summed E-state index contributed by atoms with van der Waals surface area (Å²) in [6.07, 6.45) is 3.88. The molecule has 13 heteroatoms. The Morgan fingerprint density at radius 1 is 0.566 bits per heavy atom. The van der Waals surface area contributed by atoms with Crippen molar-refractivity contribution in [2.24, 2.45) is 11.8 Å². The van der Waals surface area contributed by atoms with Crippen molar-refractivity contribution in [3.05, 3.63) is 107 Å². The second kappa shape index (κ2) is 17.2. The third-order valence-corrected chi connectivity index (χ3v) is 8.73. The molecule has 4 atom stereocenters. The molecule has 278 valence electrons. The molecule has 0 saturated carbocycles. The smallest absolute Gasteiger partial charge is 0.330 e. The number of carbonyl (C=O) groups is 2. The lowest BCUT2D eigenvalue weighted by Gasteiger charge is -2.24. The van der Waals surface area contributed by atoms with E-state index in [4.69, 9.17) is 33.2 Å². The maximum atomic E-state index is 13.1. The van der Waals surface area contributed by atoms with Crippen LogP contribution in [0.5, 0.6) is 46.0 Å². The fourth-order valence-electron chi connectivity index (χ4n) is 5.99. The van der Waals surface area contributed by atoms with Crippen LogP contribution >= 0.6 is 0 Å². The van der Waals surface area contributed by atoms with Crippen LogP contribution in [0.3, 0.4) is 0 Å². The highest BCUT2D eigenvalue weighted by atomic mass is 16.6. The summed E-state index contributed by atoms with van der Waals surface area (Å²) < 4.78 is 39.9. The molecule has 4 aromatic rings. The Balaban J connectivity index is 1.53. The lowest BCUT2D eigenvalue weighted by Crippen LogP contribution is -2.27. The summed E-state index contributed by atoms with van der Waals surface area (Å²) in [6, 6.07) is 18.8. The van der Waals surface area contributed by atoms with Crippen LogP contribution in [0.4, 0.5) is 0 Å². The Hall–Kier alpha value is -6.34. The first-order valence-electron chi connectivity index (χ1n) is 16.4. The summed E-state index contributed by atoms with van der Waals surface area (Å²) in [5, 5.41) is 40.5. The molecule has 4 N–H and O–H groups in total. The first-order chi connectivity index (χ1) is 25.5. The first-order valence-corrected chi connectivity index (χ1v) is 16.4. The molecule has 5 rings (SSSR count). The van der Waals surface area contributed by atoms with Gasteiger partial charge in [0.15, 0.2) is 23.0 Å². The van der Waals surface area contributed by atoms with Gasteiger partial charge < -0.3 is 53.6 Å². The number of aromatic hydroxyl groups is 4. The van der Waals surface area contributed by atoms with E-state index in [-0.39, 0.29) is 59.2 Å². The van der Waals surface area contributed by atoms with Crippen molar-refractivity contribution in [3.8, 4) is 46.0 Å². The van der Waals surface area contributed by atoms with Crippen LogP contribution in [0.25, 0.3) is 12.2 Å². The Labute approximate surface area is 305 Å². The molecule has 1 heterocycles. The quantitative estimate of drug-likeness (QED) is 0.0865. The molecular weight excluding hydrogens is 688 g/mol. The normalized spacial score (nSPS) is 18.2. The van der Waals surface area contributed by atoms with Crippen LogP contribution in [-0.2, 0) is 23.8 Å². The van der Waals surface area contributed by atoms with Gasteiger partial charge in [0.05, 0.1) is 53.9 Å². The number of ether oxygens (including phenoxy) is 7. The minimum Gasteiger partial charge on any atom is -0.508 e. The zero-order valence-electron chi connectivity index (χ0n) is 29.4. The van der Waals surface area contributed by atoms with E-state index in [0.717, 1.165) is 0 Å². The third kappa shape index (κ3) is 9.13. The number of rotatable bonds is 14. The maximum Gasteiger partial charge on any atom is 0.330 e. The van der Waals surface area contributed by atoms with E-state index in [9.17, 15) is 30.0 Å². The van der Waals surface area contributed by atoms with Gasteiger partial charge in [-0.15, -0.1) is 0 Å². The van der Waals surface area contributed by atoms with Gasteiger partial charge in [-0.05, 0) is 82.9 Å². The van der Waals surface area contributed by atoms with Crippen LogP contribution in [0.1, 0.15) is 34.5 Å². The van der Waals surface area contributed by atoms with Crippen molar-refractivity contribution in [2.45, 2.75) is 12.2 Å². The second-order valence-electron chi connectivity index (χ2n) is 12.0. The molecule has 0 amide bonds. The topological polar surface area (TPSA) is 180 Å². The van der Waals surface area contributed by atoms with Crippen molar-refractivity contribution in [2.75, 3.05) is 41.7 Å². The molecule has 1 saturated heterocycles. The fourth-order valence-corrected chi connectivity index (χ4v) is 5.99. The van der Waals surface area contributed by atoms with Gasteiger partial charge in [-0.1, -0.05) is 24.3 Å². The average molecular weight is 729 g/mol. The lowest BCUT2D eigenvalue weighted by atomic mass is 9.83. The predicted molar refractivity (Wildman–Crippen MR) is 192 cm³/mol. The average Bonchev–Trinajstić information content (AvgIpc) is 3.54. The number of hydrogen-bond donors (Lipinski definition) is 4. The van der Waals surface area contributed by atoms with E-state index < -0.39 is 36.0 Å². The monoisotopic (exact) mass is 728 g/mol. The molecule has 0 spiro atoms. The molecule has 13 nitrogen and oxygen atoms in total. The number of esters is 2. The molecule has 53 heavy (non-hydrogen) atoms. The Morgan fingerprint density at radius 3 is 1.19 bits per heavy atom. The zero-order chi connectivity index (χ0) is 38.1. The van der Waals surface area contributed by atoms with E-state index in [2.05, 4.69) is 0 Å². The van der Waals surface area contributed by atoms with Crippen molar-refractivity contribution in [1.29, 1.82) is 0 Å². The second-order valence-corrected chi connectivity index (χ2v) is 12.0. The van der Waals surface area contributed by atoms with E-state index >= 15 is 0 Å². The number of phenolic OH excluding ortho intramolecular Hbond substituents is 4. The number of hydrogen-bond acceptors (Lipinski definition) is 13. The molecule has 1 aliphatic rings. The van der Waals surface area contributed by atoms with Gasteiger partial charge in [0, 0.05) is 24.0 Å². The van der Waals surface area contributed by atoms with E-state index in [1.54, 1.807) is 48.5 Å². The van der Waals surface area contributed by atoms with E-state index in [1.807, 2.05) is 0 Å². The highest BCUT2D eigenvalue weighted by Gasteiger charge is 2.48. The Kier molecular flexibility index (Phi) is 12.3. The number of phenols is 4. The Bertz CT molecular complexity index is 1760. The van der Waals surface area contributed by atoms with Crippen LogP contribution in [0, 0.1) is 11.8 Å². The van der Waals surface area contributed by atoms with Gasteiger partial charge in [0.1, 0.15) is 11.5 Å². The molecule has 0 aromatic heterocycles. The van der Waals surface area contributed by atoms with Crippen molar-refractivity contribution in [3.63, 3.8) is 0 Å². The standard InChI is InChI=1S/C40H40O13/c1-47-31-17-25(18-32(48-2)37(31)45)39-29(21-51-35(43)15-9-23-5-11-27(41)12-6-23)30(22-52-36(44)16-10-24-7-13-28(42)14-8-24)40(53-39)26-19-33(49-3)38(46)34(20-26)50-4/h5-20,29-30,39-42,45-46H,21-22H2,1-4H3/b15-9+,16-10+/t29-,30-,39+,40+/m1/s1. The van der Waals surface area contributed by atoms with Gasteiger partial charge in [-0.25, -0.2) is 9.59 Å². The molecule has 0 unspecified atom stereocenters. The lowest BCUT2D eigenvalue weighted by molar-refractivity contribution is -0.143. The highest BCUT2D eigenvalue weighted by Crippen LogP contribution is 2.53. The summed E-state index contributed by atoms with van der Waals surface area (Å²) in [4.78, 5) is 26.1. The highest BCUT2D eigenvalue weighted by molar-refractivity contribution is 5.87. The van der Waals surface area contributed by atoms with Gasteiger partial charge >= 0.3 is 11.9 Å². The molecule has 0 aliphatic carbocycles. The van der Waals surface area contributed by atoms with Crippen LogP contribution in [0.2, 0.25) is 0 Å². The van der Waals surface area contributed by atoms with Crippen molar-refractivity contribution >= 4 is 24.1 Å². The SMILES string of the molecule is COc1cc([C@@H]2O[C@@H](c3cc(OC)c(O)c(OC)c3)[C@H](COC(=O)/C=C/c3ccc(O)cc3)[C@H]2COC(=O)/C=C/c2ccc(O)cc2)cc(OC)c1O. The van der Waals surface area contributed by atoms with E-state index in [0.29, 0.717) is 22.3 Å². The minimum atomic E-state index is -0.848. The number of carbonyl (C=O) groups excluding carboxylic acids is 2. The van der Waals surface area contributed by atoms with Gasteiger partial charge in [0.2, 0.25) is 11.5 Å². The molecule has 1 aliphatic heterocycles. The summed E-state index contributed by atoms with van der Waals surface area (Å²) >= 11 is 0. The minimum absolute atomic E-state index is 0.0838. The molecule has 1 fully saturated rings. The Morgan fingerprint density at radius 2 is 0.887 bits per heavy atom.